The van der Waals surface area contributed by atoms with Crippen molar-refractivity contribution in [2.45, 2.75) is 32.1 Å². The summed E-state index contributed by atoms with van der Waals surface area (Å²) < 4.78 is 0. The SMILES string of the molecule is CC(Cl)C(=O)N1CCC[C@H](C)C1. The molecule has 0 aromatic carbocycles. The number of carbonyl (C=O) groups is 1. The third kappa shape index (κ3) is 2.37. The average molecular weight is 190 g/mol. The Bertz CT molecular complexity index is 170. The first kappa shape index (κ1) is 9.85. The van der Waals surface area contributed by atoms with Crippen molar-refractivity contribution in [2.75, 3.05) is 13.1 Å². The Labute approximate surface area is 78.9 Å². The lowest BCUT2D eigenvalue weighted by molar-refractivity contribution is -0.132. The van der Waals surface area contributed by atoms with Gasteiger partial charge >= 0.3 is 0 Å². The lowest BCUT2D eigenvalue weighted by atomic mass is 10.0. The highest BCUT2D eigenvalue weighted by Gasteiger charge is 2.23. The number of likely N-dealkylation sites (tertiary alicyclic amines) is 1. The van der Waals surface area contributed by atoms with Gasteiger partial charge in [0.2, 0.25) is 5.91 Å². The molecule has 0 radical (unpaired) electrons. The quantitative estimate of drug-likeness (QED) is 0.577. The van der Waals surface area contributed by atoms with Crippen LogP contribution in [0.25, 0.3) is 0 Å². The summed E-state index contributed by atoms with van der Waals surface area (Å²) in [6.07, 6.45) is 2.36. The van der Waals surface area contributed by atoms with Crippen molar-refractivity contribution >= 4 is 17.5 Å². The van der Waals surface area contributed by atoms with Gasteiger partial charge in [0, 0.05) is 13.1 Å². The molecular weight excluding hydrogens is 174 g/mol. The number of rotatable bonds is 1. The average Bonchev–Trinajstić information content (AvgIpc) is 2.03. The van der Waals surface area contributed by atoms with Crippen LogP contribution in [0.1, 0.15) is 26.7 Å². The summed E-state index contributed by atoms with van der Waals surface area (Å²) >= 11 is 5.72. The second kappa shape index (κ2) is 4.13. The van der Waals surface area contributed by atoms with E-state index in [1.807, 2.05) is 4.90 Å². The number of halogens is 1. The normalized spacial score (nSPS) is 26.9. The number of amides is 1. The summed E-state index contributed by atoms with van der Waals surface area (Å²) in [5.41, 5.74) is 0. The predicted octanol–water partition coefficient (Wildman–Crippen LogP) is 1.87. The molecule has 1 fully saturated rings. The Morgan fingerprint density at radius 3 is 2.83 bits per heavy atom. The van der Waals surface area contributed by atoms with Crippen LogP contribution in [0, 0.1) is 5.92 Å². The van der Waals surface area contributed by atoms with Crippen LogP contribution < -0.4 is 0 Å². The number of nitrogens with zero attached hydrogens (tertiary/aromatic N) is 1. The number of hydrogen-bond donors (Lipinski definition) is 0. The highest BCUT2D eigenvalue weighted by Crippen LogP contribution is 2.16. The Hall–Kier alpha value is -0.240. The highest BCUT2D eigenvalue weighted by molar-refractivity contribution is 6.30. The standard InChI is InChI=1S/C9H16ClNO/c1-7-4-3-5-11(6-7)9(12)8(2)10/h7-8H,3-6H2,1-2H3/t7-,8?/m0/s1. The van der Waals surface area contributed by atoms with Crippen LogP contribution in [0.3, 0.4) is 0 Å². The van der Waals surface area contributed by atoms with E-state index in [4.69, 9.17) is 11.6 Å². The van der Waals surface area contributed by atoms with E-state index in [2.05, 4.69) is 6.92 Å². The minimum atomic E-state index is -0.365. The van der Waals surface area contributed by atoms with Crippen LogP contribution in [0.15, 0.2) is 0 Å². The molecule has 12 heavy (non-hydrogen) atoms. The predicted molar refractivity (Wildman–Crippen MR) is 50.3 cm³/mol. The molecule has 0 N–H and O–H groups in total. The summed E-state index contributed by atoms with van der Waals surface area (Å²) in [6.45, 7) is 5.69. The van der Waals surface area contributed by atoms with Crippen molar-refractivity contribution in [3.8, 4) is 0 Å². The lowest BCUT2D eigenvalue weighted by Gasteiger charge is -2.31. The monoisotopic (exact) mass is 189 g/mol. The second-order valence-electron chi connectivity index (χ2n) is 3.65. The molecule has 0 spiro atoms. The second-order valence-corrected chi connectivity index (χ2v) is 4.30. The Morgan fingerprint density at radius 2 is 2.33 bits per heavy atom. The molecular formula is C9H16ClNO. The van der Waals surface area contributed by atoms with Gasteiger partial charge in [0.25, 0.3) is 0 Å². The van der Waals surface area contributed by atoms with Gasteiger partial charge in [-0.15, -0.1) is 11.6 Å². The van der Waals surface area contributed by atoms with E-state index in [1.54, 1.807) is 6.92 Å². The zero-order valence-electron chi connectivity index (χ0n) is 7.72. The molecule has 1 unspecified atom stereocenters. The number of carbonyl (C=O) groups excluding carboxylic acids is 1. The maximum Gasteiger partial charge on any atom is 0.240 e. The largest absolute Gasteiger partial charge is 0.341 e. The Kier molecular flexibility index (Phi) is 3.39. The van der Waals surface area contributed by atoms with Crippen LogP contribution in [0.2, 0.25) is 0 Å². The zero-order chi connectivity index (χ0) is 9.14. The first-order valence-corrected chi connectivity index (χ1v) is 4.97. The summed E-state index contributed by atoms with van der Waals surface area (Å²) in [7, 11) is 0. The first-order valence-electron chi connectivity index (χ1n) is 4.54. The molecule has 1 saturated heterocycles. The molecule has 0 bridgehead atoms. The third-order valence-electron chi connectivity index (χ3n) is 2.31. The lowest BCUT2D eigenvalue weighted by Crippen LogP contribution is -2.42. The van der Waals surface area contributed by atoms with Gasteiger partial charge in [-0.2, -0.15) is 0 Å². The van der Waals surface area contributed by atoms with E-state index >= 15 is 0 Å². The molecule has 1 amide bonds. The van der Waals surface area contributed by atoms with E-state index in [0.29, 0.717) is 5.92 Å². The van der Waals surface area contributed by atoms with E-state index < -0.39 is 0 Å². The molecule has 0 aromatic heterocycles. The minimum absolute atomic E-state index is 0.0863. The third-order valence-corrected chi connectivity index (χ3v) is 2.50. The van der Waals surface area contributed by atoms with E-state index in [-0.39, 0.29) is 11.3 Å². The molecule has 0 saturated carbocycles. The molecule has 2 atom stereocenters. The van der Waals surface area contributed by atoms with Crippen molar-refractivity contribution in [3.63, 3.8) is 0 Å². The highest BCUT2D eigenvalue weighted by atomic mass is 35.5. The van der Waals surface area contributed by atoms with E-state index in [9.17, 15) is 4.79 Å². The fourth-order valence-electron chi connectivity index (χ4n) is 1.64. The first-order chi connectivity index (χ1) is 5.61. The van der Waals surface area contributed by atoms with Crippen molar-refractivity contribution in [1.29, 1.82) is 0 Å². The molecule has 0 aliphatic carbocycles. The van der Waals surface area contributed by atoms with Gasteiger partial charge in [0.05, 0.1) is 0 Å². The van der Waals surface area contributed by atoms with Crippen LogP contribution in [-0.4, -0.2) is 29.3 Å². The van der Waals surface area contributed by atoms with Gasteiger partial charge in [-0.05, 0) is 25.7 Å². The fraction of sp³-hybridized carbons (Fsp3) is 0.889. The van der Waals surface area contributed by atoms with Gasteiger partial charge in [0.15, 0.2) is 0 Å². The molecule has 70 valence electrons. The van der Waals surface area contributed by atoms with Crippen molar-refractivity contribution in [2.24, 2.45) is 5.92 Å². The van der Waals surface area contributed by atoms with E-state index in [1.165, 1.54) is 6.42 Å². The minimum Gasteiger partial charge on any atom is -0.341 e. The van der Waals surface area contributed by atoms with Crippen molar-refractivity contribution < 1.29 is 4.79 Å². The molecule has 1 aliphatic rings. The number of alkyl halides is 1. The Balaban J connectivity index is 2.46. The molecule has 1 aliphatic heterocycles. The van der Waals surface area contributed by atoms with Crippen LogP contribution in [0.4, 0.5) is 0 Å². The number of piperidine rings is 1. The smallest absolute Gasteiger partial charge is 0.240 e. The number of hydrogen-bond acceptors (Lipinski definition) is 1. The van der Waals surface area contributed by atoms with Crippen molar-refractivity contribution in [3.05, 3.63) is 0 Å². The molecule has 2 nitrogen and oxygen atoms in total. The molecule has 3 heteroatoms. The van der Waals surface area contributed by atoms with Crippen molar-refractivity contribution in [1.82, 2.24) is 4.90 Å². The Morgan fingerprint density at radius 1 is 1.67 bits per heavy atom. The van der Waals surface area contributed by atoms with Gasteiger partial charge in [0.1, 0.15) is 5.38 Å². The maximum absolute atomic E-state index is 11.4. The summed E-state index contributed by atoms with van der Waals surface area (Å²) in [4.78, 5) is 13.3. The van der Waals surface area contributed by atoms with Gasteiger partial charge in [-0.1, -0.05) is 6.92 Å². The summed E-state index contributed by atoms with van der Waals surface area (Å²) in [6, 6.07) is 0. The van der Waals surface area contributed by atoms with E-state index in [0.717, 1.165) is 19.5 Å². The summed E-state index contributed by atoms with van der Waals surface area (Å²) in [5.74, 6) is 0.723. The molecule has 0 aromatic rings. The molecule has 1 heterocycles. The topological polar surface area (TPSA) is 20.3 Å². The fourth-order valence-corrected chi connectivity index (χ4v) is 1.78. The maximum atomic E-state index is 11.4. The van der Waals surface area contributed by atoms with Crippen LogP contribution in [-0.2, 0) is 4.79 Å². The van der Waals surface area contributed by atoms with Crippen LogP contribution in [0.5, 0.6) is 0 Å². The zero-order valence-corrected chi connectivity index (χ0v) is 8.47. The van der Waals surface area contributed by atoms with Gasteiger partial charge in [-0.25, -0.2) is 0 Å². The van der Waals surface area contributed by atoms with Gasteiger partial charge < -0.3 is 4.90 Å². The molecule has 1 rings (SSSR count). The van der Waals surface area contributed by atoms with Crippen LogP contribution >= 0.6 is 11.6 Å². The van der Waals surface area contributed by atoms with Gasteiger partial charge in [-0.3, -0.25) is 4.79 Å². The summed E-state index contributed by atoms with van der Waals surface area (Å²) in [5, 5.41) is -0.365.